The van der Waals surface area contributed by atoms with E-state index in [1.54, 1.807) is 20.2 Å². The lowest BCUT2D eigenvalue weighted by Crippen LogP contribution is -2.41. The fourth-order valence-electron chi connectivity index (χ4n) is 2.10. The third kappa shape index (κ3) is 6.23. The van der Waals surface area contributed by atoms with Gasteiger partial charge in [0, 0.05) is 25.7 Å². The number of halogens is 1. The van der Waals surface area contributed by atoms with Crippen LogP contribution in [0, 0.1) is 0 Å². The van der Waals surface area contributed by atoms with Crippen LogP contribution in [0.4, 0.5) is 0 Å². The Kier molecular flexibility index (Phi) is 10.7. The summed E-state index contributed by atoms with van der Waals surface area (Å²) in [6.07, 6.45) is 1.80. The molecule has 22 heavy (non-hydrogen) atoms. The van der Waals surface area contributed by atoms with E-state index in [9.17, 15) is 0 Å². The Bertz CT molecular complexity index is 477. The third-order valence-corrected chi connectivity index (χ3v) is 3.22. The van der Waals surface area contributed by atoms with Gasteiger partial charge in [-0.3, -0.25) is 4.99 Å². The first-order chi connectivity index (χ1) is 10.1. The minimum absolute atomic E-state index is 0. The molecular weight excluding hydrogens is 391 g/mol. The van der Waals surface area contributed by atoms with E-state index in [1.807, 2.05) is 18.2 Å². The summed E-state index contributed by atoms with van der Waals surface area (Å²) in [5, 5.41) is 6.49. The van der Waals surface area contributed by atoms with Gasteiger partial charge in [0.25, 0.3) is 0 Å². The Balaban J connectivity index is 0.00000441. The second-order valence-corrected chi connectivity index (χ2v) is 4.84. The molecule has 0 spiro atoms. The largest absolute Gasteiger partial charge is 0.496 e. The van der Waals surface area contributed by atoms with Crippen LogP contribution in [-0.2, 0) is 0 Å². The quantitative estimate of drug-likeness (QED) is 0.309. The van der Waals surface area contributed by atoms with E-state index >= 15 is 0 Å². The molecule has 124 valence electrons. The van der Waals surface area contributed by atoms with E-state index < -0.39 is 0 Å². The van der Waals surface area contributed by atoms with Crippen molar-refractivity contribution in [3.8, 4) is 5.75 Å². The molecular formula is C16H27IN4O. The van der Waals surface area contributed by atoms with E-state index in [1.165, 1.54) is 0 Å². The molecule has 0 aliphatic heterocycles. The van der Waals surface area contributed by atoms with Crippen LogP contribution in [0.1, 0.15) is 11.6 Å². The number of hydrogen-bond donors (Lipinski definition) is 2. The number of nitrogens with one attached hydrogen (secondary N) is 2. The number of ether oxygens (including phenoxy) is 1. The summed E-state index contributed by atoms with van der Waals surface area (Å²) in [4.78, 5) is 6.35. The number of nitrogens with zero attached hydrogens (tertiary/aromatic N) is 2. The molecule has 1 unspecified atom stereocenters. The molecule has 0 aliphatic carbocycles. The molecule has 0 heterocycles. The van der Waals surface area contributed by atoms with Crippen molar-refractivity contribution >= 4 is 29.9 Å². The number of rotatable bonds is 7. The molecule has 0 radical (unpaired) electrons. The highest BCUT2D eigenvalue weighted by atomic mass is 127. The van der Waals surface area contributed by atoms with Gasteiger partial charge in [-0.2, -0.15) is 0 Å². The average Bonchev–Trinajstić information content (AvgIpc) is 2.50. The fraction of sp³-hybridized carbons (Fsp3) is 0.438. The van der Waals surface area contributed by atoms with Crippen molar-refractivity contribution in [1.82, 2.24) is 15.5 Å². The molecule has 1 atom stereocenters. The van der Waals surface area contributed by atoms with Crippen LogP contribution in [0.25, 0.3) is 0 Å². The molecule has 0 saturated carbocycles. The molecule has 0 saturated heterocycles. The number of methoxy groups -OCH3 is 1. The van der Waals surface area contributed by atoms with Gasteiger partial charge in [0.1, 0.15) is 5.75 Å². The maximum absolute atomic E-state index is 5.46. The van der Waals surface area contributed by atoms with Crippen LogP contribution in [0.15, 0.2) is 41.9 Å². The minimum Gasteiger partial charge on any atom is -0.496 e. The third-order valence-electron chi connectivity index (χ3n) is 3.22. The van der Waals surface area contributed by atoms with E-state index in [4.69, 9.17) is 4.74 Å². The lowest BCUT2D eigenvalue weighted by molar-refractivity contribution is 0.288. The zero-order valence-electron chi connectivity index (χ0n) is 13.8. The molecule has 2 N–H and O–H groups in total. The Morgan fingerprint density at radius 2 is 2.05 bits per heavy atom. The number of para-hydroxylation sites is 1. The van der Waals surface area contributed by atoms with Crippen molar-refractivity contribution in [2.45, 2.75) is 6.04 Å². The summed E-state index contributed by atoms with van der Waals surface area (Å²) in [6, 6.07) is 8.26. The number of hydrogen-bond acceptors (Lipinski definition) is 3. The summed E-state index contributed by atoms with van der Waals surface area (Å²) >= 11 is 0. The lowest BCUT2D eigenvalue weighted by atomic mass is 10.0. The Hall–Kier alpha value is -1.28. The first kappa shape index (κ1) is 20.7. The van der Waals surface area contributed by atoms with Crippen LogP contribution in [-0.4, -0.2) is 52.2 Å². The Morgan fingerprint density at radius 1 is 1.36 bits per heavy atom. The number of likely N-dealkylation sites (N-methyl/N-ethyl adjacent to an activating group) is 1. The van der Waals surface area contributed by atoms with Crippen molar-refractivity contribution in [2.24, 2.45) is 4.99 Å². The van der Waals surface area contributed by atoms with Gasteiger partial charge in [0.15, 0.2) is 5.96 Å². The van der Waals surface area contributed by atoms with Gasteiger partial charge in [0.2, 0.25) is 0 Å². The molecule has 0 bridgehead atoms. The molecule has 0 aromatic heterocycles. The highest BCUT2D eigenvalue weighted by Gasteiger charge is 2.18. The van der Waals surface area contributed by atoms with Crippen LogP contribution in [0.3, 0.4) is 0 Å². The number of benzene rings is 1. The van der Waals surface area contributed by atoms with Crippen molar-refractivity contribution in [3.63, 3.8) is 0 Å². The second-order valence-electron chi connectivity index (χ2n) is 4.84. The van der Waals surface area contributed by atoms with Gasteiger partial charge >= 0.3 is 0 Å². The van der Waals surface area contributed by atoms with E-state index in [2.05, 4.69) is 47.3 Å². The molecule has 1 aromatic rings. The summed E-state index contributed by atoms with van der Waals surface area (Å²) in [7, 11) is 7.56. The SMILES string of the molecule is C=CCNC(=NC)NCC(c1ccccc1OC)N(C)C.I. The Labute approximate surface area is 150 Å². The van der Waals surface area contributed by atoms with Crippen LogP contribution >= 0.6 is 24.0 Å². The normalized spacial score (nSPS) is 12.3. The van der Waals surface area contributed by atoms with Gasteiger partial charge in [-0.05, 0) is 20.2 Å². The van der Waals surface area contributed by atoms with Crippen molar-refractivity contribution < 1.29 is 4.74 Å². The maximum atomic E-state index is 5.46. The lowest BCUT2D eigenvalue weighted by Gasteiger charge is -2.27. The average molecular weight is 418 g/mol. The number of guanidine groups is 1. The fourth-order valence-corrected chi connectivity index (χ4v) is 2.10. The number of aliphatic imine (C=N–C) groups is 1. The highest BCUT2D eigenvalue weighted by Crippen LogP contribution is 2.27. The van der Waals surface area contributed by atoms with Crippen LogP contribution in [0.2, 0.25) is 0 Å². The maximum Gasteiger partial charge on any atom is 0.191 e. The summed E-state index contributed by atoms with van der Waals surface area (Å²) in [5.41, 5.74) is 1.15. The molecule has 6 heteroatoms. The van der Waals surface area contributed by atoms with Crippen molar-refractivity contribution in [2.75, 3.05) is 41.3 Å². The second kappa shape index (κ2) is 11.3. The molecule has 1 rings (SSSR count). The summed E-state index contributed by atoms with van der Waals surface area (Å²) in [5.74, 6) is 1.66. The van der Waals surface area contributed by atoms with Crippen LogP contribution < -0.4 is 15.4 Å². The van der Waals surface area contributed by atoms with Gasteiger partial charge in [-0.15, -0.1) is 30.6 Å². The van der Waals surface area contributed by atoms with Crippen molar-refractivity contribution in [1.29, 1.82) is 0 Å². The van der Waals surface area contributed by atoms with Gasteiger partial charge in [0.05, 0.1) is 13.2 Å². The highest BCUT2D eigenvalue weighted by molar-refractivity contribution is 14.0. The molecule has 0 fully saturated rings. The van der Waals surface area contributed by atoms with E-state index in [0.29, 0.717) is 6.54 Å². The standard InChI is InChI=1S/C16H26N4O.HI/c1-6-11-18-16(17-2)19-12-14(20(3)4)13-9-7-8-10-15(13)21-5;/h6-10,14H,1,11-12H2,2-5H3,(H2,17,18,19);1H. The smallest absolute Gasteiger partial charge is 0.191 e. The van der Waals surface area contributed by atoms with Crippen molar-refractivity contribution in [3.05, 3.63) is 42.5 Å². The van der Waals surface area contributed by atoms with Gasteiger partial charge < -0.3 is 20.3 Å². The molecule has 0 amide bonds. The predicted molar refractivity (Wildman–Crippen MR) is 104 cm³/mol. The monoisotopic (exact) mass is 418 g/mol. The summed E-state index contributed by atoms with van der Waals surface area (Å²) < 4.78 is 5.46. The molecule has 5 nitrogen and oxygen atoms in total. The predicted octanol–water partition coefficient (Wildman–Crippen LogP) is 2.27. The topological polar surface area (TPSA) is 48.9 Å². The first-order valence-corrected chi connectivity index (χ1v) is 6.98. The molecule has 1 aromatic carbocycles. The zero-order valence-corrected chi connectivity index (χ0v) is 16.1. The molecule has 0 aliphatic rings. The zero-order chi connectivity index (χ0) is 15.7. The Morgan fingerprint density at radius 3 is 2.59 bits per heavy atom. The van der Waals surface area contributed by atoms with E-state index in [0.717, 1.165) is 23.8 Å². The van der Waals surface area contributed by atoms with Gasteiger partial charge in [-0.1, -0.05) is 24.3 Å². The first-order valence-electron chi connectivity index (χ1n) is 6.98. The van der Waals surface area contributed by atoms with Gasteiger partial charge in [-0.25, -0.2) is 0 Å². The van der Waals surface area contributed by atoms with Crippen LogP contribution in [0.5, 0.6) is 5.75 Å². The minimum atomic E-state index is 0. The summed E-state index contributed by atoms with van der Waals surface area (Å²) in [6.45, 7) is 5.10. The van der Waals surface area contributed by atoms with E-state index in [-0.39, 0.29) is 30.0 Å².